The Morgan fingerprint density at radius 1 is 0.833 bits per heavy atom. The Morgan fingerprint density at radius 3 is 2.06 bits per heavy atom. The molecule has 1 saturated heterocycles. The summed E-state index contributed by atoms with van der Waals surface area (Å²) in [7, 11) is 0. The van der Waals surface area contributed by atoms with Gasteiger partial charge < -0.3 is 9.42 Å². The normalized spacial score (nSPS) is 17.1. The van der Waals surface area contributed by atoms with Crippen LogP contribution in [-0.2, 0) is 6.42 Å². The molecule has 1 atom stereocenters. The third kappa shape index (κ3) is 3.82. The predicted molar refractivity (Wildman–Crippen MR) is 133 cm³/mol. The highest BCUT2D eigenvalue weighted by Crippen LogP contribution is 2.42. The van der Waals surface area contributed by atoms with E-state index in [1.165, 1.54) is 11.0 Å². The van der Waals surface area contributed by atoms with Gasteiger partial charge >= 0.3 is 17.5 Å². The number of anilines is 1. The maximum absolute atomic E-state index is 14.3. The summed E-state index contributed by atoms with van der Waals surface area (Å²) >= 11 is 0. The van der Waals surface area contributed by atoms with Gasteiger partial charge in [0.05, 0.1) is 11.2 Å². The van der Waals surface area contributed by atoms with Gasteiger partial charge in [0.2, 0.25) is 0 Å². The molecule has 0 bridgehead atoms. The smallest absolute Gasteiger partial charge is 0.315 e. The van der Waals surface area contributed by atoms with Crippen molar-refractivity contribution in [2.75, 3.05) is 11.4 Å². The summed E-state index contributed by atoms with van der Waals surface area (Å²) in [6.45, 7) is 3.79. The van der Waals surface area contributed by atoms with Crippen LogP contribution in [0.15, 0.2) is 99.0 Å². The third-order valence-corrected chi connectivity index (χ3v) is 6.58. The molecule has 0 N–H and O–H groups in total. The number of carbonyl (C=O) groups is 1. The average Bonchev–Trinajstić information content (AvgIpc) is 3.27. The Balaban J connectivity index is 1.61. The molecule has 8 nitrogen and oxygen atoms in total. The van der Waals surface area contributed by atoms with Gasteiger partial charge in [-0.05, 0) is 56.2 Å². The van der Waals surface area contributed by atoms with Crippen LogP contribution < -0.4 is 16.3 Å². The average molecular weight is 489 g/mol. The third-order valence-electron chi connectivity index (χ3n) is 6.58. The first kappa shape index (κ1) is 23.3. The molecule has 0 saturated carbocycles. The first-order chi connectivity index (χ1) is 17.3. The van der Waals surface area contributed by atoms with Crippen LogP contribution >= 0.6 is 0 Å². The Labute approximate surface area is 206 Å². The first-order valence-electron chi connectivity index (χ1n) is 11.6. The number of carbonyl (C=O) groups excluding carboxylic acids is 1. The molecule has 0 radical (unpaired) electrons. The van der Waals surface area contributed by atoms with Crippen molar-refractivity contribution in [3.05, 3.63) is 117 Å². The van der Waals surface area contributed by atoms with Crippen LogP contribution in [0.3, 0.4) is 0 Å². The molecular weight excluding hydrogens is 463 g/mol. The van der Waals surface area contributed by atoms with E-state index in [-0.39, 0.29) is 24.8 Å². The zero-order valence-corrected chi connectivity index (χ0v) is 19.9. The minimum absolute atomic E-state index is 0.199. The first-order valence-corrected chi connectivity index (χ1v) is 11.6. The Hall–Kier alpha value is -4.40. The van der Waals surface area contributed by atoms with Crippen LogP contribution in [0.5, 0.6) is 0 Å². The molecule has 1 fully saturated rings. The van der Waals surface area contributed by atoms with E-state index in [2.05, 4.69) is 0 Å². The fourth-order valence-corrected chi connectivity index (χ4v) is 4.77. The van der Waals surface area contributed by atoms with Gasteiger partial charge in [0.1, 0.15) is 5.82 Å². The molecule has 184 valence electrons. The summed E-state index contributed by atoms with van der Waals surface area (Å²) < 4.78 is 21.7. The summed E-state index contributed by atoms with van der Waals surface area (Å²) in [6.07, 6.45) is -0.695. The Bertz CT molecular complexity index is 1510. The molecule has 5 rings (SSSR count). The van der Waals surface area contributed by atoms with E-state index >= 15 is 0 Å². The highest BCUT2D eigenvalue weighted by molar-refractivity contribution is 5.95. The fourth-order valence-electron chi connectivity index (χ4n) is 4.77. The van der Waals surface area contributed by atoms with Crippen molar-refractivity contribution in [1.82, 2.24) is 14.2 Å². The monoisotopic (exact) mass is 488 g/mol. The van der Waals surface area contributed by atoms with Crippen LogP contribution in [0.25, 0.3) is 5.69 Å². The van der Waals surface area contributed by atoms with Crippen LogP contribution in [-0.4, -0.2) is 32.3 Å². The lowest BCUT2D eigenvalue weighted by molar-refractivity contribution is 0.0974. The molecular formula is C27H25FN4O4. The lowest BCUT2D eigenvalue weighted by Crippen LogP contribution is -2.47. The number of aromatic nitrogens is 2. The minimum atomic E-state index is -0.999. The molecule has 0 aliphatic carbocycles. The number of nitrogens with zero attached hydrogens (tertiary/aromatic N) is 4. The van der Waals surface area contributed by atoms with Crippen molar-refractivity contribution in [3.63, 3.8) is 0 Å². The molecule has 4 aromatic rings. The van der Waals surface area contributed by atoms with Crippen molar-refractivity contribution in [2.45, 2.75) is 32.0 Å². The number of halogens is 1. The molecule has 1 aromatic heterocycles. The van der Waals surface area contributed by atoms with Gasteiger partial charge in [-0.1, -0.05) is 54.6 Å². The summed E-state index contributed by atoms with van der Waals surface area (Å²) in [4.78, 5) is 43.1. The number of hydrogen-bond acceptors (Lipinski definition) is 4. The molecule has 9 heteroatoms. The summed E-state index contributed by atoms with van der Waals surface area (Å²) in [5.41, 5.74) is -0.319. The minimum Gasteiger partial charge on any atom is -0.315 e. The van der Waals surface area contributed by atoms with Crippen molar-refractivity contribution in [3.8, 4) is 5.69 Å². The number of hydrogen-bond donors (Lipinski definition) is 0. The molecule has 1 aliphatic rings. The number of urea groups is 1. The molecule has 1 aliphatic heterocycles. The van der Waals surface area contributed by atoms with Gasteiger partial charge in [-0.25, -0.2) is 18.8 Å². The zero-order valence-electron chi connectivity index (χ0n) is 19.9. The van der Waals surface area contributed by atoms with Crippen LogP contribution in [0, 0.1) is 5.82 Å². The fraction of sp³-hybridized carbons (Fsp3) is 0.222. The standard InChI is InChI=1S/C27H25FN4O4/c1-27(2)23(32-25(34)31(26(35)36-32)21-14-7-4-8-15-21)30(20-12-5-3-6-13-20)24(33)29(27)18-17-19-11-9-10-16-22(19)28/h3-16,23H,17-18H2,1-2H3/t23-/m1/s1. The number of rotatable bonds is 6. The number of para-hydroxylation sites is 2. The van der Waals surface area contributed by atoms with Crippen LogP contribution in [0.2, 0.25) is 0 Å². The van der Waals surface area contributed by atoms with Gasteiger partial charge in [0, 0.05) is 12.2 Å². The lowest BCUT2D eigenvalue weighted by Gasteiger charge is -2.34. The van der Waals surface area contributed by atoms with Gasteiger partial charge in [0.25, 0.3) is 0 Å². The lowest BCUT2D eigenvalue weighted by atomic mass is 9.99. The Morgan fingerprint density at radius 2 is 1.42 bits per heavy atom. The van der Waals surface area contributed by atoms with Gasteiger partial charge in [-0.3, -0.25) is 4.90 Å². The van der Waals surface area contributed by atoms with Gasteiger partial charge in [-0.15, -0.1) is 4.74 Å². The van der Waals surface area contributed by atoms with E-state index in [9.17, 15) is 18.8 Å². The van der Waals surface area contributed by atoms with E-state index in [4.69, 9.17) is 4.52 Å². The second-order valence-electron chi connectivity index (χ2n) is 9.15. The van der Waals surface area contributed by atoms with Crippen molar-refractivity contribution in [1.29, 1.82) is 0 Å². The largest absolute Gasteiger partial charge is 0.447 e. The number of benzene rings is 3. The van der Waals surface area contributed by atoms with Crippen molar-refractivity contribution >= 4 is 11.7 Å². The predicted octanol–water partition coefficient (Wildman–Crippen LogP) is 4.19. The maximum Gasteiger partial charge on any atom is 0.447 e. The summed E-state index contributed by atoms with van der Waals surface area (Å²) in [5.74, 6) is -1.20. The zero-order chi connectivity index (χ0) is 25.4. The van der Waals surface area contributed by atoms with Crippen molar-refractivity contribution in [2.24, 2.45) is 0 Å². The van der Waals surface area contributed by atoms with Gasteiger partial charge in [0.15, 0.2) is 6.17 Å². The van der Waals surface area contributed by atoms with E-state index in [0.717, 1.165) is 9.31 Å². The van der Waals surface area contributed by atoms with E-state index in [1.54, 1.807) is 91.5 Å². The Kier molecular flexibility index (Phi) is 5.83. The summed E-state index contributed by atoms with van der Waals surface area (Å²) in [6, 6.07) is 23.4. The molecule has 36 heavy (non-hydrogen) atoms. The maximum atomic E-state index is 14.3. The second kappa shape index (κ2) is 8.99. The van der Waals surface area contributed by atoms with Gasteiger partial charge in [-0.2, -0.15) is 4.57 Å². The van der Waals surface area contributed by atoms with Crippen LogP contribution in [0.4, 0.5) is 14.9 Å². The van der Waals surface area contributed by atoms with E-state index < -0.39 is 23.2 Å². The molecule has 3 aromatic carbocycles. The number of amides is 2. The van der Waals surface area contributed by atoms with Crippen molar-refractivity contribution < 1.29 is 13.7 Å². The topological polar surface area (TPSA) is 80.7 Å². The quantitative estimate of drug-likeness (QED) is 0.408. The molecule has 2 heterocycles. The highest BCUT2D eigenvalue weighted by atomic mass is 19.1. The SMILES string of the molecule is CC1(C)[C@@H](n2oc(=O)n(-c3ccccc3)c2=O)N(c2ccccc2)C(=O)N1CCc1ccccc1F. The van der Waals surface area contributed by atoms with E-state index in [1.807, 2.05) is 6.07 Å². The molecule has 0 unspecified atom stereocenters. The second-order valence-corrected chi connectivity index (χ2v) is 9.15. The molecule has 0 spiro atoms. The summed E-state index contributed by atoms with van der Waals surface area (Å²) in [5, 5.41) is 0. The van der Waals surface area contributed by atoms with E-state index in [0.29, 0.717) is 16.9 Å². The highest BCUT2D eigenvalue weighted by Gasteiger charge is 2.55. The molecule has 2 amide bonds. The van der Waals surface area contributed by atoms with Crippen LogP contribution in [0.1, 0.15) is 25.6 Å².